The highest BCUT2D eigenvalue weighted by Crippen LogP contribution is 2.24. The summed E-state index contributed by atoms with van der Waals surface area (Å²) in [5.41, 5.74) is 7.19. The Morgan fingerprint density at radius 2 is 2.13 bits per heavy atom. The molecule has 2 N–H and O–H groups in total. The van der Waals surface area contributed by atoms with Gasteiger partial charge in [-0.15, -0.1) is 0 Å². The van der Waals surface area contributed by atoms with Crippen LogP contribution in [0.2, 0.25) is 0 Å². The molecule has 0 atom stereocenters. The summed E-state index contributed by atoms with van der Waals surface area (Å²) in [5.74, 6) is 0. The smallest absolute Gasteiger partial charge is 0.275 e. The minimum absolute atomic E-state index is 0.259. The molecule has 0 fully saturated rings. The minimum Gasteiger partial charge on any atom is -0.330 e. The van der Waals surface area contributed by atoms with Gasteiger partial charge in [0.1, 0.15) is 0 Å². The van der Waals surface area contributed by atoms with E-state index in [1.165, 1.54) is 0 Å². The van der Waals surface area contributed by atoms with Gasteiger partial charge in [-0.05, 0) is 32.7 Å². The van der Waals surface area contributed by atoms with E-state index in [0.717, 1.165) is 30.4 Å². The number of para-hydroxylation sites is 1. The Morgan fingerprint density at radius 1 is 1.40 bits per heavy atom. The van der Waals surface area contributed by atoms with Gasteiger partial charge in [-0.3, -0.25) is 10.1 Å². The summed E-state index contributed by atoms with van der Waals surface area (Å²) in [6, 6.07) is 5.45. The molecule has 0 amide bonds. The van der Waals surface area contributed by atoms with E-state index in [9.17, 15) is 10.1 Å². The van der Waals surface area contributed by atoms with Gasteiger partial charge < -0.3 is 5.73 Å². The summed E-state index contributed by atoms with van der Waals surface area (Å²) < 4.78 is 0. The normalized spacial score (nSPS) is 10.3. The molecule has 0 saturated carbocycles. The first-order valence-electron chi connectivity index (χ1n) is 5.09. The molecule has 0 aromatic heterocycles. The minimum atomic E-state index is -0.298. The number of nitrogens with two attached hydrogens (primary N) is 1. The fourth-order valence-corrected chi connectivity index (χ4v) is 1.64. The van der Waals surface area contributed by atoms with E-state index < -0.39 is 0 Å². The maximum absolute atomic E-state index is 10.9. The number of hydrogen-bond donors (Lipinski definition) is 1. The van der Waals surface area contributed by atoms with Crippen LogP contribution in [0.1, 0.15) is 24.0 Å². The standard InChI is InChI=1S/C11H16N2O2/c1-9-5-4-7-10(6-2-3-8-12)11(9)13(14)15/h4-5,7H,2-3,6,8,12H2,1H3. The maximum Gasteiger partial charge on any atom is 0.275 e. The van der Waals surface area contributed by atoms with Gasteiger partial charge in [0, 0.05) is 11.1 Å². The monoisotopic (exact) mass is 208 g/mol. The third-order valence-corrected chi connectivity index (χ3v) is 2.40. The average molecular weight is 208 g/mol. The zero-order valence-corrected chi connectivity index (χ0v) is 8.90. The van der Waals surface area contributed by atoms with Crippen molar-refractivity contribution >= 4 is 5.69 Å². The molecule has 0 bridgehead atoms. The van der Waals surface area contributed by atoms with Crippen LogP contribution in [0.25, 0.3) is 0 Å². The van der Waals surface area contributed by atoms with E-state index in [2.05, 4.69) is 0 Å². The van der Waals surface area contributed by atoms with Crippen molar-refractivity contribution in [2.24, 2.45) is 5.73 Å². The number of nitro benzene ring substituents is 1. The van der Waals surface area contributed by atoms with E-state index in [-0.39, 0.29) is 10.6 Å². The first kappa shape index (κ1) is 11.7. The van der Waals surface area contributed by atoms with Gasteiger partial charge in [-0.2, -0.15) is 0 Å². The van der Waals surface area contributed by atoms with Gasteiger partial charge in [0.25, 0.3) is 5.69 Å². The molecule has 4 nitrogen and oxygen atoms in total. The molecule has 0 aliphatic rings. The summed E-state index contributed by atoms with van der Waals surface area (Å²) in [7, 11) is 0. The summed E-state index contributed by atoms with van der Waals surface area (Å²) in [6.07, 6.45) is 2.54. The van der Waals surface area contributed by atoms with Crippen molar-refractivity contribution in [3.05, 3.63) is 39.4 Å². The molecule has 15 heavy (non-hydrogen) atoms. The molecule has 0 heterocycles. The molecule has 0 aliphatic carbocycles. The Bertz CT molecular complexity index is 350. The van der Waals surface area contributed by atoms with Crippen LogP contribution in [0, 0.1) is 17.0 Å². The average Bonchev–Trinajstić information content (AvgIpc) is 2.17. The number of benzene rings is 1. The quantitative estimate of drug-likeness (QED) is 0.458. The maximum atomic E-state index is 10.9. The van der Waals surface area contributed by atoms with Crippen molar-refractivity contribution in [1.82, 2.24) is 0 Å². The van der Waals surface area contributed by atoms with Crippen molar-refractivity contribution in [2.75, 3.05) is 6.54 Å². The molecule has 0 radical (unpaired) electrons. The third kappa shape index (κ3) is 3.02. The largest absolute Gasteiger partial charge is 0.330 e. The lowest BCUT2D eigenvalue weighted by Crippen LogP contribution is -2.01. The van der Waals surface area contributed by atoms with E-state index in [1.54, 1.807) is 13.0 Å². The summed E-state index contributed by atoms with van der Waals surface area (Å²) in [4.78, 5) is 10.6. The number of nitrogens with zero attached hydrogens (tertiary/aromatic N) is 1. The molecule has 4 heteroatoms. The van der Waals surface area contributed by atoms with Crippen molar-refractivity contribution < 1.29 is 4.92 Å². The Morgan fingerprint density at radius 3 is 2.73 bits per heavy atom. The molecule has 1 aromatic rings. The lowest BCUT2D eigenvalue weighted by Gasteiger charge is -2.04. The summed E-state index contributed by atoms with van der Waals surface area (Å²) >= 11 is 0. The van der Waals surface area contributed by atoms with Crippen molar-refractivity contribution in [3.63, 3.8) is 0 Å². The SMILES string of the molecule is Cc1cccc(CCCCN)c1[N+](=O)[O-]. The van der Waals surface area contributed by atoms with E-state index in [4.69, 9.17) is 5.73 Å². The van der Waals surface area contributed by atoms with Gasteiger partial charge in [0.15, 0.2) is 0 Å². The molecule has 0 spiro atoms. The first-order valence-corrected chi connectivity index (χ1v) is 5.09. The second-order valence-corrected chi connectivity index (χ2v) is 3.59. The second-order valence-electron chi connectivity index (χ2n) is 3.59. The molecule has 82 valence electrons. The number of rotatable bonds is 5. The van der Waals surface area contributed by atoms with Crippen LogP contribution in [0.5, 0.6) is 0 Å². The van der Waals surface area contributed by atoms with Crippen molar-refractivity contribution in [3.8, 4) is 0 Å². The Kier molecular flexibility index (Phi) is 4.24. The number of aryl methyl sites for hydroxylation is 2. The predicted octanol–water partition coefficient (Wildman–Crippen LogP) is 2.18. The summed E-state index contributed by atoms with van der Waals surface area (Å²) in [6.45, 7) is 2.41. The van der Waals surface area contributed by atoms with E-state index >= 15 is 0 Å². The van der Waals surface area contributed by atoms with Crippen LogP contribution >= 0.6 is 0 Å². The zero-order chi connectivity index (χ0) is 11.3. The summed E-state index contributed by atoms with van der Waals surface area (Å²) in [5, 5.41) is 10.9. The van der Waals surface area contributed by atoms with Gasteiger partial charge in [0.05, 0.1) is 4.92 Å². The molecule has 0 aliphatic heterocycles. The molecule has 1 aromatic carbocycles. The highest BCUT2D eigenvalue weighted by Gasteiger charge is 2.15. The number of nitro groups is 1. The zero-order valence-electron chi connectivity index (χ0n) is 8.90. The van der Waals surface area contributed by atoms with Crippen LogP contribution in [0.4, 0.5) is 5.69 Å². The predicted molar refractivity (Wildman–Crippen MR) is 59.8 cm³/mol. The lowest BCUT2D eigenvalue weighted by atomic mass is 10.0. The fourth-order valence-electron chi connectivity index (χ4n) is 1.64. The van der Waals surface area contributed by atoms with Crippen LogP contribution in [0.3, 0.4) is 0 Å². The van der Waals surface area contributed by atoms with Crippen LogP contribution in [-0.4, -0.2) is 11.5 Å². The van der Waals surface area contributed by atoms with Crippen LogP contribution in [-0.2, 0) is 6.42 Å². The van der Waals surface area contributed by atoms with Crippen molar-refractivity contribution in [1.29, 1.82) is 0 Å². The van der Waals surface area contributed by atoms with Crippen LogP contribution in [0.15, 0.2) is 18.2 Å². The fraction of sp³-hybridized carbons (Fsp3) is 0.455. The van der Waals surface area contributed by atoms with Gasteiger partial charge in [-0.25, -0.2) is 0 Å². The number of unbranched alkanes of at least 4 members (excludes halogenated alkanes) is 1. The third-order valence-electron chi connectivity index (χ3n) is 2.40. The highest BCUT2D eigenvalue weighted by atomic mass is 16.6. The number of hydrogen-bond acceptors (Lipinski definition) is 3. The van der Waals surface area contributed by atoms with E-state index in [1.807, 2.05) is 12.1 Å². The topological polar surface area (TPSA) is 69.2 Å². The van der Waals surface area contributed by atoms with Gasteiger partial charge in [0.2, 0.25) is 0 Å². The lowest BCUT2D eigenvalue weighted by molar-refractivity contribution is -0.386. The highest BCUT2D eigenvalue weighted by molar-refractivity contribution is 5.47. The van der Waals surface area contributed by atoms with Gasteiger partial charge in [-0.1, -0.05) is 18.2 Å². The molecule has 0 saturated heterocycles. The Hall–Kier alpha value is -1.42. The van der Waals surface area contributed by atoms with Gasteiger partial charge >= 0.3 is 0 Å². The second kappa shape index (κ2) is 5.46. The molecular weight excluding hydrogens is 192 g/mol. The molecule has 0 unspecified atom stereocenters. The Labute approximate surface area is 89.2 Å². The van der Waals surface area contributed by atoms with E-state index in [0.29, 0.717) is 6.54 Å². The van der Waals surface area contributed by atoms with Crippen molar-refractivity contribution in [2.45, 2.75) is 26.2 Å². The first-order chi connectivity index (χ1) is 7.16. The Balaban J connectivity index is 2.86. The van der Waals surface area contributed by atoms with Crippen LogP contribution < -0.4 is 5.73 Å². The molecular formula is C11H16N2O2. The molecule has 1 rings (SSSR count).